The minimum absolute atomic E-state index is 0.00752. The molecule has 2 atom stereocenters. The van der Waals surface area contributed by atoms with Gasteiger partial charge in [0, 0.05) is 6.42 Å². The second-order valence-electron chi connectivity index (χ2n) is 5.17. The van der Waals surface area contributed by atoms with Crippen molar-refractivity contribution in [3.05, 3.63) is 35.6 Å². The van der Waals surface area contributed by atoms with Crippen LogP contribution in [0.4, 0.5) is 4.39 Å². The molecule has 1 aromatic carbocycles. The molecule has 0 spiro atoms. The highest BCUT2D eigenvalue weighted by Crippen LogP contribution is 2.20. The van der Waals surface area contributed by atoms with Gasteiger partial charge in [-0.15, -0.1) is 0 Å². The third-order valence-electron chi connectivity index (χ3n) is 3.40. The van der Waals surface area contributed by atoms with E-state index in [1.165, 1.54) is 6.07 Å². The smallest absolute Gasteiger partial charge is 0.303 e. The highest BCUT2D eigenvalue weighted by atomic mass is 19.1. The molecule has 0 unspecified atom stereocenters. The zero-order chi connectivity index (χ0) is 14.3. The highest BCUT2D eigenvalue weighted by molar-refractivity contribution is 5.67. The van der Waals surface area contributed by atoms with Crippen LogP contribution in [0.1, 0.15) is 31.7 Å². The molecule has 0 aliphatic carbocycles. The number of benzene rings is 1. The quantitative estimate of drug-likeness (QED) is 0.761. The first-order valence-electron chi connectivity index (χ1n) is 6.68. The molecule has 0 saturated heterocycles. The molecule has 106 valence electrons. The van der Waals surface area contributed by atoms with E-state index in [1.54, 1.807) is 12.1 Å². The molecular weight excluding hydrogens is 245 g/mol. The van der Waals surface area contributed by atoms with E-state index in [0.717, 1.165) is 18.4 Å². The van der Waals surface area contributed by atoms with E-state index in [1.807, 2.05) is 6.07 Å². The van der Waals surface area contributed by atoms with Crippen LogP contribution < -0.4 is 5.73 Å². The molecule has 3 nitrogen and oxygen atoms in total. The third-order valence-corrected chi connectivity index (χ3v) is 3.40. The molecule has 0 aliphatic rings. The molecule has 0 saturated carbocycles. The van der Waals surface area contributed by atoms with Crippen molar-refractivity contribution in [2.24, 2.45) is 17.6 Å². The van der Waals surface area contributed by atoms with Crippen molar-refractivity contribution in [3.8, 4) is 0 Å². The Labute approximate surface area is 113 Å². The summed E-state index contributed by atoms with van der Waals surface area (Å²) in [5.74, 6) is -0.631. The van der Waals surface area contributed by atoms with E-state index < -0.39 is 5.97 Å². The van der Waals surface area contributed by atoms with Crippen molar-refractivity contribution in [2.45, 2.75) is 32.6 Å². The summed E-state index contributed by atoms with van der Waals surface area (Å²) in [6.45, 7) is 2.45. The molecule has 0 bridgehead atoms. The number of carbonyl (C=O) groups is 1. The van der Waals surface area contributed by atoms with Crippen LogP contribution in [0, 0.1) is 17.7 Å². The third kappa shape index (κ3) is 5.83. The van der Waals surface area contributed by atoms with Crippen LogP contribution in [0.15, 0.2) is 24.3 Å². The normalized spacial score (nSPS) is 14.1. The second kappa shape index (κ2) is 7.89. The van der Waals surface area contributed by atoms with Crippen LogP contribution in [0.25, 0.3) is 0 Å². The number of nitrogens with two attached hydrogens (primary N) is 1. The average Bonchev–Trinajstić information content (AvgIpc) is 2.36. The van der Waals surface area contributed by atoms with Crippen LogP contribution in [-0.2, 0) is 11.2 Å². The molecule has 0 heterocycles. The Hall–Kier alpha value is -1.42. The molecule has 0 fully saturated rings. The fourth-order valence-corrected chi connectivity index (χ4v) is 2.30. The molecule has 19 heavy (non-hydrogen) atoms. The summed E-state index contributed by atoms with van der Waals surface area (Å²) < 4.78 is 13.4. The SMILES string of the molecule is C[C@H](CCc1ccccc1F)C[C@H](CN)CC(=O)O. The lowest BCUT2D eigenvalue weighted by molar-refractivity contribution is -0.138. The van der Waals surface area contributed by atoms with E-state index in [-0.39, 0.29) is 18.2 Å². The van der Waals surface area contributed by atoms with Gasteiger partial charge in [0.15, 0.2) is 0 Å². The van der Waals surface area contributed by atoms with Gasteiger partial charge in [0.05, 0.1) is 0 Å². The van der Waals surface area contributed by atoms with Gasteiger partial charge >= 0.3 is 5.97 Å². The van der Waals surface area contributed by atoms with Gasteiger partial charge in [-0.1, -0.05) is 25.1 Å². The summed E-state index contributed by atoms with van der Waals surface area (Å²) in [5, 5.41) is 8.77. The van der Waals surface area contributed by atoms with Crippen LogP contribution in [-0.4, -0.2) is 17.6 Å². The minimum atomic E-state index is -0.809. The molecular formula is C15H22FNO2. The lowest BCUT2D eigenvalue weighted by Gasteiger charge is -2.18. The molecule has 0 radical (unpaired) electrons. The Bertz CT molecular complexity index is 409. The summed E-state index contributed by atoms with van der Waals surface area (Å²) in [6.07, 6.45) is 2.41. The van der Waals surface area contributed by atoms with Crippen LogP contribution in [0.2, 0.25) is 0 Å². The fourth-order valence-electron chi connectivity index (χ4n) is 2.30. The number of halogens is 1. The zero-order valence-electron chi connectivity index (χ0n) is 11.3. The van der Waals surface area contributed by atoms with Crippen LogP contribution in [0.3, 0.4) is 0 Å². The van der Waals surface area contributed by atoms with Gasteiger partial charge in [0.1, 0.15) is 5.82 Å². The number of hydrogen-bond acceptors (Lipinski definition) is 2. The average molecular weight is 267 g/mol. The molecule has 0 aliphatic heterocycles. The molecule has 1 aromatic rings. The number of aryl methyl sites for hydroxylation is 1. The zero-order valence-corrected chi connectivity index (χ0v) is 11.3. The van der Waals surface area contributed by atoms with Gasteiger partial charge in [-0.3, -0.25) is 4.79 Å². The molecule has 3 N–H and O–H groups in total. The summed E-state index contributed by atoms with van der Waals surface area (Å²) >= 11 is 0. The lowest BCUT2D eigenvalue weighted by Crippen LogP contribution is -2.20. The van der Waals surface area contributed by atoms with Gasteiger partial charge < -0.3 is 10.8 Å². The fraction of sp³-hybridized carbons (Fsp3) is 0.533. The summed E-state index contributed by atoms with van der Waals surface area (Å²) in [4.78, 5) is 10.7. The first kappa shape index (κ1) is 15.6. The maximum absolute atomic E-state index is 13.4. The lowest BCUT2D eigenvalue weighted by atomic mass is 9.89. The summed E-state index contributed by atoms with van der Waals surface area (Å²) in [5.41, 5.74) is 6.30. The first-order chi connectivity index (χ1) is 9.02. The topological polar surface area (TPSA) is 63.3 Å². The summed E-state index contributed by atoms with van der Waals surface area (Å²) in [6, 6.07) is 6.77. The van der Waals surface area contributed by atoms with Gasteiger partial charge in [-0.2, -0.15) is 0 Å². The van der Waals surface area contributed by atoms with Crippen molar-refractivity contribution in [2.75, 3.05) is 6.54 Å². The Kier molecular flexibility index (Phi) is 6.50. The number of carboxylic acid groups (broad SMARTS) is 1. The number of carboxylic acids is 1. The first-order valence-corrected chi connectivity index (χ1v) is 6.68. The maximum Gasteiger partial charge on any atom is 0.303 e. The highest BCUT2D eigenvalue weighted by Gasteiger charge is 2.15. The monoisotopic (exact) mass is 267 g/mol. The Balaban J connectivity index is 2.40. The van der Waals surface area contributed by atoms with Crippen molar-refractivity contribution < 1.29 is 14.3 Å². The minimum Gasteiger partial charge on any atom is -0.481 e. The number of aliphatic carboxylic acids is 1. The second-order valence-corrected chi connectivity index (χ2v) is 5.17. The summed E-state index contributed by atoms with van der Waals surface area (Å²) in [7, 11) is 0. The Morgan fingerprint density at radius 3 is 2.68 bits per heavy atom. The van der Waals surface area contributed by atoms with Gasteiger partial charge in [0.25, 0.3) is 0 Å². The van der Waals surface area contributed by atoms with E-state index in [2.05, 4.69) is 6.92 Å². The Morgan fingerprint density at radius 2 is 2.11 bits per heavy atom. The number of hydrogen-bond donors (Lipinski definition) is 2. The molecule has 0 amide bonds. The largest absolute Gasteiger partial charge is 0.481 e. The number of rotatable bonds is 8. The molecule has 1 rings (SSSR count). The van der Waals surface area contributed by atoms with Crippen molar-refractivity contribution in [3.63, 3.8) is 0 Å². The predicted octanol–water partition coefficient (Wildman–Crippen LogP) is 2.83. The van der Waals surface area contributed by atoms with Crippen molar-refractivity contribution >= 4 is 5.97 Å². The van der Waals surface area contributed by atoms with E-state index in [0.29, 0.717) is 18.9 Å². The Morgan fingerprint density at radius 1 is 1.42 bits per heavy atom. The predicted molar refractivity (Wildman–Crippen MR) is 73.3 cm³/mol. The van der Waals surface area contributed by atoms with E-state index in [9.17, 15) is 9.18 Å². The maximum atomic E-state index is 13.4. The van der Waals surface area contributed by atoms with Gasteiger partial charge in [-0.25, -0.2) is 4.39 Å². The standard InChI is InChI=1S/C15H22FNO2/c1-11(8-12(10-17)9-15(18)19)6-7-13-4-2-3-5-14(13)16/h2-5,11-12H,6-10,17H2,1H3,(H,18,19)/t11-,12+/m1/s1. The molecule has 4 heteroatoms. The van der Waals surface area contributed by atoms with E-state index in [4.69, 9.17) is 10.8 Å². The van der Waals surface area contributed by atoms with E-state index >= 15 is 0 Å². The van der Waals surface area contributed by atoms with Crippen molar-refractivity contribution in [1.29, 1.82) is 0 Å². The van der Waals surface area contributed by atoms with Gasteiger partial charge in [0.2, 0.25) is 0 Å². The van der Waals surface area contributed by atoms with Crippen LogP contribution in [0.5, 0.6) is 0 Å². The molecule has 0 aromatic heterocycles. The van der Waals surface area contributed by atoms with Gasteiger partial charge in [-0.05, 0) is 49.3 Å². The van der Waals surface area contributed by atoms with Crippen LogP contribution >= 0.6 is 0 Å². The van der Waals surface area contributed by atoms with Crippen molar-refractivity contribution in [1.82, 2.24) is 0 Å².